The average Bonchev–Trinajstić information content (AvgIpc) is 2.26. The van der Waals surface area contributed by atoms with E-state index < -0.39 is 12.1 Å². The molecule has 0 spiro atoms. The number of carbonyl (C=O) groups excluding carboxylic acids is 1. The van der Waals surface area contributed by atoms with Crippen LogP contribution in [0.1, 0.15) is 40.5 Å². The highest BCUT2D eigenvalue weighted by molar-refractivity contribution is 5.81. The Morgan fingerprint density at radius 3 is 2.19 bits per heavy atom. The number of aliphatic hydroxyl groups is 1. The molecule has 0 saturated heterocycles. The SMILES string of the molecule is CCC(CC)C(O)CNC(=O)[C@@H](N)C(C)C. The summed E-state index contributed by atoms with van der Waals surface area (Å²) >= 11 is 0. The molecule has 0 saturated carbocycles. The van der Waals surface area contributed by atoms with E-state index in [1.54, 1.807) is 0 Å². The van der Waals surface area contributed by atoms with Gasteiger partial charge < -0.3 is 16.2 Å². The molecule has 2 atom stereocenters. The summed E-state index contributed by atoms with van der Waals surface area (Å²) in [6, 6.07) is -0.492. The van der Waals surface area contributed by atoms with E-state index >= 15 is 0 Å². The van der Waals surface area contributed by atoms with Gasteiger partial charge in [0.05, 0.1) is 12.1 Å². The van der Waals surface area contributed by atoms with Crippen molar-refractivity contribution in [1.29, 1.82) is 0 Å². The molecule has 0 aromatic carbocycles. The molecule has 0 radical (unpaired) electrons. The molecule has 4 heteroatoms. The summed E-state index contributed by atoms with van der Waals surface area (Å²) in [6.07, 6.45) is 1.37. The van der Waals surface area contributed by atoms with Crippen molar-refractivity contribution in [3.05, 3.63) is 0 Å². The number of carbonyl (C=O) groups is 1. The van der Waals surface area contributed by atoms with Crippen LogP contribution in [-0.4, -0.2) is 29.7 Å². The Labute approximate surface area is 98.6 Å². The zero-order valence-electron chi connectivity index (χ0n) is 10.9. The van der Waals surface area contributed by atoms with Crippen molar-refractivity contribution in [2.45, 2.75) is 52.7 Å². The van der Waals surface area contributed by atoms with E-state index in [9.17, 15) is 9.90 Å². The molecule has 4 N–H and O–H groups in total. The van der Waals surface area contributed by atoms with Crippen molar-refractivity contribution in [2.24, 2.45) is 17.6 Å². The van der Waals surface area contributed by atoms with Crippen LogP contribution >= 0.6 is 0 Å². The second-order valence-electron chi connectivity index (χ2n) is 4.66. The maximum absolute atomic E-state index is 11.5. The summed E-state index contributed by atoms with van der Waals surface area (Å²) < 4.78 is 0. The first-order valence-electron chi connectivity index (χ1n) is 6.15. The maximum Gasteiger partial charge on any atom is 0.237 e. The lowest BCUT2D eigenvalue weighted by atomic mass is 9.96. The van der Waals surface area contributed by atoms with E-state index in [-0.39, 0.29) is 17.7 Å². The highest BCUT2D eigenvalue weighted by atomic mass is 16.3. The Hall–Kier alpha value is -0.610. The van der Waals surface area contributed by atoms with Crippen LogP contribution in [0.4, 0.5) is 0 Å². The lowest BCUT2D eigenvalue weighted by Crippen LogP contribution is -2.47. The Bertz CT molecular complexity index is 203. The maximum atomic E-state index is 11.5. The highest BCUT2D eigenvalue weighted by Crippen LogP contribution is 2.12. The Balaban J connectivity index is 4.00. The zero-order valence-corrected chi connectivity index (χ0v) is 10.9. The fourth-order valence-electron chi connectivity index (χ4n) is 1.63. The first-order chi connectivity index (χ1) is 7.43. The fourth-order valence-corrected chi connectivity index (χ4v) is 1.63. The molecular weight excluding hydrogens is 204 g/mol. The van der Waals surface area contributed by atoms with Crippen molar-refractivity contribution in [3.63, 3.8) is 0 Å². The van der Waals surface area contributed by atoms with Crippen molar-refractivity contribution >= 4 is 5.91 Å². The van der Waals surface area contributed by atoms with Gasteiger partial charge in [0.15, 0.2) is 0 Å². The Kier molecular flexibility index (Phi) is 7.34. The molecule has 16 heavy (non-hydrogen) atoms. The van der Waals surface area contributed by atoms with Gasteiger partial charge in [-0.25, -0.2) is 0 Å². The third kappa shape index (κ3) is 4.94. The van der Waals surface area contributed by atoms with Crippen molar-refractivity contribution in [3.8, 4) is 0 Å². The van der Waals surface area contributed by atoms with Crippen LogP contribution in [0.2, 0.25) is 0 Å². The van der Waals surface area contributed by atoms with Gasteiger partial charge in [0.2, 0.25) is 5.91 Å². The van der Waals surface area contributed by atoms with Gasteiger partial charge in [-0.3, -0.25) is 4.79 Å². The molecule has 1 amide bonds. The van der Waals surface area contributed by atoms with E-state index in [2.05, 4.69) is 5.32 Å². The van der Waals surface area contributed by atoms with E-state index in [4.69, 9.17) is 5.73 Å². The van der Waals surface area contributed by atoms with Crippen LogP contribution in [0, 0.1) is 11.8 Å². The number of amides is 1. The molecule has 0 rings (SSSR count). The third-order valence-corrected chi connectivity index (χ3v) is 3.10. The summed E-state index contributed by atoms with van der Waals surface area (Å²) in [7, 11) is 0. The monoisotopic (exact) mass is 230 g/mol. The quantitative estimate of drug-likeness (QED) is 0.608. The number of rotatable bonds is 7. The predicted octanol–water partition coefficient (Wildman–Crippen LogP) is 0.883. The molecule has 0 aromatic heterocycles. The largest absolute Gasteiger partial charge is 0.391 e. The van der Waals surface area contributed by atoms with Crippen LogP contribution < -0.4 is 11.1 Å². The molecule has 0 bridgehead atoms. The van der Waals surface area contributed by atoms with Crippen LogP contribution in [0.25, 0.3) is 0 Å². The van der Waals surface area contributed by atoms with Crippen molar-refractivity contribution < 1.29 is 9.90 Å². The van der Waals surface area contributed by atoms with E-state index in [0.29, 0.717) is 6.54 Å². The average molecular weight is 230 g/mol. The first-order valence-corrected chi connectivity index (χ1v) is 6.15. The second kappa shape index (κ2) is 7.63. The number of hydrogen-bond acceptors (Lipinski definition) is 3. The molecule has 0 aliphatic rings. The predicted molar refractivity (Wildman–Crippen MR) is 65.9 cm³/mol. The van der Waals surface area contributed by atoms with Gasteiger partial charge in [0, 0.05) is 6.54 Å². The molecule has 0 heterocycles. The minimum Gasteiger partial charge on any atom is -0.391 e. The summed E-state index contributed by atoms with van der Waals surface area (Å²) in [5.74, 6) is 0.181. The molecule has 0 aliphatic carbocycles. The van der Waals surface area contributed by atoms with Gasteiger partial charge in [0.25, 0.3) is 0 Å². The summed E-state index contributed by atoms with van der Waals surface area (Å²) in [5.41, 5.74) is 5.69. The fraction of sp³-hybridized carbons (Fsp3) is 0.917. The van der Waals surface area contributed by atoms with Crippen LogP contribution in [-0.2, 0) is 4.79 Å². The standard InChI is InChI=1S/C12H26N2O2/c1-5-9(6-2)10(15)7-14-12(16)11(13)8(3)4/h8-11,15H,5-7,13H2,1-4H3,(H,14,16)/t10?,11-/m0/s1. The van der Waals surface area contributed by atoms with Gasteiger partial charge in [0.1, 0.15) is 0 Å². The zero-order chi connectivity index (χ0) is 12.7. The number of nitrogens with one attached hydrogen (secondary N) is 1. The summed E-state index contributed by atoms with van der Waals surface area (Å²) in [6.45, 7) is 8.19. The van der Waals surface area contributed by atoms with Gasteiger partial charge in [-0.2, -0.15) is 0 Å². The lowest BCUT2D eigenvalue weighted by Gasteiger charge is -2.22. The summed E-state index contributed by atoms with van der Waals surface area (Å²) in [4.78, 5) is 11.5. The van der Waals surface area contributed by atoms with Gasteiger partial charge in [-0.15, -0.1) is 0 Å². The third-order valence-electron chi connectivity index (χ3n) is 3.10. The number of hydrogen-bond donors (Lipinski definition) is 3. The topological polar surface area (TPSA) is 75.3 Å². The molecule has 0 aromatic rings. The first kappa shape index (κ1) is 15.4. The lowest BCUT2D eigenvalue weighted by molar-refractivity contribution is -0.123. The van der Waals surface area contributed by atoms with Gasteiger partial charge in [-0.05, 0) is 11.8 Å². The molecule has 96 valence electrons. The molecule has 1 unspecified atom stereocenters. The Morgan fingerprint density at radius 1 is 1.31 bits per heavy atom. The van der Waals surface area contributed by atoms with Crippen LogP contribution in [0.5, 0.6) is 0 Å². The highest BCUT2D eigenvalue weighted by Gasteiger charge is 2.20. The van der Waals surface area contributed by atoms with E-state index in [1.165, 1.54) is 0 Å². The molecule has 0 aliphatic heterocycles. The summed E-state index contributed by atoms with van der Waals surface area (Å²) in [5, 5.41) is 12.5. The smallest absolute Gasteiger partial charge is 0.237 e. The van der Waals surface area contributed by atoms with E-state index in [0.717, 1.165) is 12.8 Å². The minimum atomic E-state index is -0.492. The number of aliphatic hydroxyl groups excluding tert-OH is 1. The van der Waals surface area contributed by atoms with Gasteiger partial charge in [-0.1, -0.05) is 40.5 Å². The van der Waals surface area contributed by atoms with Crippen molar-refractivity contribution in [2.75, 3.05) is 6.54 Å². The van der Waals surface area contributed by atoms with Gasteiger partial charge >= 0.3 is 0 Å². The molecule has 0 fully saturated rings. The minimum absolute atomic E-state index is 0.116. The van der Waals surface area contributed by atoms with Crippen molar-refractivity contribution in [1.82, 2.24) is 5.32 Å². The Morgan fingerprint density at radius 2 is 1.81 bits per heavy atom. The normalized spacial score (nSPS) is 15.2. The number of nitrogens with two attached hydrogens (primary N) is 1. The van der Waals surface area contributed by atoms with Crippen LogP contribution in [0.3, 0.4) is 0 Å². The molecule has 4 nitrogen and oxygen atoms in total. The van der Waals surface area contributed by atoms with E-state index in [1.807, 2.05) is 27.7 Å². The van der Waals surface area contributed by atoms with Crippen LogP contribution in [0.15, 0.2) is 0 Å². The second-order valence-corrected chi connectivity index (χ2v) is 4.66. The molecular formula is C12H26N2O2.